The summed E-state index contributed by atoms with van der Waals surface area (Å²) in [6.45, 7) is 6.69. The number of phenols is 1. The molecular weight excluding hydrogens is 452 g/mol. The van der Waals surface area contributed by atoms with Crippen LogP contribution in [0.4, 0.5) is 0 Å². The Labute approximate surface area is 192 Å². The number of hydrogen-bond acceptors (Lipinski definition) is 3. The fourth-order valence-electron chi connectivity index (χ4n) is 4.17. The van der Waals surface area contributed by atoms with Gasteiger partial charge in [-0.1, -0.05) is 57.9 Å². The summed E-state index contributed by atoms with van der Waals surface area (Å²) >= 11 is 3.59. The molecule has 4 N–H and O–H groups in total. The van der Waals surface area contributed by atoms with Crippen molar-refractivity contribution in [2.24, 2.45) is 0 Å². The number of aryl methyl sites for hydroxylation is 2. The van der Waals surface area contributed by atoms with Crippen molar-refractivity contribution < 1.29 is 15.2 Å². The molecule has 0 fully saturated rings. The van der Waals surface area contributed by atoms with Gasteiger partial charge in [-0.15, -0.1) is 0 Å². The van der Waals surface area contributed by atoms with Crippen LogP contribution in [0.5, 0.6) is 11.5 Å². The van der Waals surface area contributed by atoms with E-state index in [-0.39, 0.29) is 18.0 Å². The van der Waals surface area contributed by atoms with E-state index in [9.17, 15) is 5.11 Å². The Balaban J connectivity index is 1.79. The van der Waals surface area contributed by atoms with E-state index in [1.54, 1.807) is 0 Å². The lowest BCUT2D eigenvalue weighted by Crippen LogP contribution is -2.90. The van der Waals surface area contributed by atoms with E-state index >= 15 is 0 Å². The molecule has 0 aromatic heterocycles. The summed E-state index contributed by atoms with van der Waals surface area (Å²) in [5.41, 5.74) is 6.71. The molecular formula is C26H28BrN2O2+. The minimum absolute atomic E-state index is 0.0136. The van der Waals surface area contributed by atoms with Crippen LogP contribution in [0.3, 0.4) is 0 Å². The first-order valence-electron chi connectivity index (χ1n) is 10.6. The molecule has 0 radical (unpaired) electrons. The summed E-state index contributed by atoms with van der Waals surface area (Å²) in [6, 6.07) is 20.5. The van der Waals surface area contributed by atoms with Gasteiger partial charge in [-0.05, 0) is 56.2 Å². The van der Waals surface area contributed by atoms with Crippen LogP contribution in [0.1, 0.15) is 46.9 Å². The first-order chi connectivity index (χ1) is 15.0. The van der Waals surface area contributed by atoms with E-state index in [4.69, 9.17) is 4.74 Å². The van der Waals surface area contributed by atoms with Crippen LogP contribution < -0.4 is 15.4 Å². The van der Waals surface area contributed by atoms with Crippen LogP contribution in [0.25, 0.3) is 5.70 Å². The highest BCUT2D eigenvalue weighted by Crippen LogP contribution is 2.35. The van der Waals surface area contributed by atoms with E-state index in [2.05, 4.69) is 76.8 Å². The molecule has 0 spiro atoms. The number of nitrogens with two attached hydrogens (primary N) is 1. The van der Waals surface area contributed by atoms with Gasteiger partial charge < -0.3 is 20.5 Å². The number of aromatic hydroxyl groups is 1. The van der Waals surface area contributed by atoms with E-state index < -0.39 is 0 Å². The maximum absolute atomic E-state index is 10.9. The quantitative estimate of drug-likeness (QED) is 0.475. The second-order valence-corrected chi connectivity index (χ2v) is 8.83. The normalized spacial score (nSPS) is 18.3. The fourth-order valence-corrected chi connectivity index (χ4v) is 4.57. The van der Waals surface area contributed by atoms with E-state index in [1.807, 2.05) is 37.3 Å². The Kier molecular flexibility index (Phi) is 6.35. The van der Waals surface area contributed by atoms with E-state index in [0.717, 1.165) is 21.3 Å². The minimum atomic E-state index is -0.0682. The van der Waals surface area contributed by atoms with Crippen LogP contribution in [0, 0.1) is 13.8 Å². The summed E-state index contributed by atoms with van der Waals surface area (Å²) in [4.78, 5) is 0. The van der Waals surface area contributed by atoms with Crippen molar-refractivity contribution in [3.05, 3.63) is 99.0 Å². The van der Waals surface area contributed by atoms with Gasteiger partial charge >= 0.3 is 0 Å². The van der Waals surface area contributed by atoms with Crippen molar-refractivity contribution in [2.75, 3.05) is 6.61 Å². The smallest absolute Gasteiger partial charge is 0.186 e. The molecule has 0 saturated carbocycles. The Morgan fingerprint density at radius 3 is 2.58 bits per heavy atom. The molecule has 4 rings (SSSR count). The third-order valence-electron chi connectivity index (χ3n) is 5.64. The van der Waals surface area contributed by atoms with Crippen molar-refractivity contribution in [2.45, 2.75) is 33.0 Å². The van der Waals surface area contributed by atoms with Gasteiger partial charge in [-0.25, -0.2) is 0 Å². The number of quaternary nitrogens is 1. The predicted octanol–water partition coefficient (Wildman–Crippen LogP) is 5.12. The third kappa shape index (κ3) is 4.63. The topological polar surface area (TPSA) is 58.1 Å². The van der Waals surface area contributed by atoms with Crippen LogP contribution in [0.2, 0.25) is 0 Å². The van der Waals surface area contributed by atoms with Crippen molar-refractivity contribution >= 4 is 21.6 Å². The number of benzene rings is 3. The highest BCUT2D eigenvalue weighted by atomic mass is 79.9. The zero-order valence-electron chi connectivity index (χ0n) is 18.0. The zero-order valence-corrected chi connectivity index (χ0v) is 19.6. The molecule has 2 unspecified atom stereocenters. The summed E-state index contributed by atoms with van der Waals surface area (Å²) in [5.74, 6) is 0.726. The SMILES string of the molecule is CCOc1cccc(C2C=C(c3cccc(Br)c3)NC(c3ccc(C)cc3C)[NH2+]2)c1O. The van der Waals surface area contributed by atoms with E-state index in [1.165, 1.54) is 16.7 Å². The summed E-state index contributed by atoms with van der Waals surface area (Å²) in [7, 11) is 0. The number of para-hydroxylation sites is 1. The molecule has 1 aliphatic rings. The maximum Gasteiger partial charge on any atom is 0.186 e. The first kappa shape index (κ1) is 21.5. The molecule has 160 valence electrons. The Morgan fingerprint density at radius 1 is 1.03 bits per heavy atom. The van der Waals surface area contributed by atoms with E-state index in [0.29, 0.717) is 12.4 Å². The maximum atomic E-state index is 10.9. The molecule has 0 aliphatic carbocycles. The predicted molar refractivity (Wildman–Crippen MR) is 128 cm³/mol. The standard InChI is InChI=1S/C26H27BrN2O2/c1-4-31-24-10-6-9-21(25(24)30)23-15-22(18-7-5-8-19(27)14-18)28-26(29-23)20-12-11-16(2)13-17(20)3/h5-15,23,26,28-30H,4H2,1-3H3/p+1. The highest BCUT2D eigenvalue weighted by molar-refractivity contribution is 9.10. The average Bonchev–Trinajstić information content (AvgIpc) is 2.75. The molecule has 0 amide bonds. The van der Waals surface area contributed by atoms with Gasteiger partial charge in [0.1, 0.15) is 6.04 Å². The summed E-state index contributed by atoms with van der Waals surface area (Å²) in [6.07, 6.45) is 2.19. The molecule has 31 heavy (non-hydrogen) atoms. The minimum Gasteiger partial charge on any atom is -0.504 e. The average molecular weight is 480 g/mol. The van der Waals surface area contributed by atoms with Crippen LogP contribution >= 0.6 is 15.9 Å². The number of halogens is 1. The number of ether oxygens (including phenoxy) is 1. The molecule has 1 heterocycles. The largest absolute Gasteiger partial charge is 0.504 e. The molecule has 1 aliphatic heterocycles. The summed E-state index contributed by atoms with van der Waals surface area (Å²) < 4.78 is 6.66. The molecule has 2 atom stereocenters. The van der Waals surface area contributed by atoms with Gasteiger partial charge in [0.2, 0.25) is 0 Å². The van der Waals surface area contributed by atoms with Gasteiger partial charge in [-0.2, -0.15) is 0 Å². The van der Waals surface area contributed by atoms with Crippen molar-refractivity contribution in [1.82, 2.24) is 5.32 Å². The number of hydrogen-bond donors (Lipinski definition) is 3. The first-order valence-corrected chi connectivity index (χ1v) is 11.4. The second kappa shape index (κ2) is 9.16. The van der Waals surface area contributed by atoms with Crippen LogP contribution in [-0.2, 0) is 0 Å². The molecule has 0 saturated heterocycles. The monoisotopic (exact) mass is 479 g/mol. The van der Waals surface area contributed by atoms with Crippen LogP contribution in [-0.4, -0.2) is 11.7 Å². The van der Waals surface area contributed by atoms with Gasteiger partial charge in [0.15, 0.2) is 17.7 Å². The third-order valence-corrected chi connectivity index (χ3v) is 6.14. The lowest BCUT2D eigenvalue weighted by molar-refractivity contribution is -0.731. The van der Waals surface area contributed by atoms with Crippen molar-refractivity contribution in [3.8, 4) is 11.5 Å². The van der Waals surface area contributed by atoms with Crippen LogP contribution in [0.15, 0.2) is 71.2 Å². The fraction of sp³-hybridized carbons (Fsp3) is 0.231. The zero-order chi connectivity index (χ0) is 22.0. The van der Waals surface area contributed by atoms with Gasteiger partial charge in [0.25, 0.3) is 0 Å². The molecule has 3 aromatic carbocycles. The highest BCUT2D eigenvalue weighted by Gasteiger charge is 2.31. The van der Waals surface area contributed by atoms with Crippen molar-refractivity contribution in [3.63, 3.8) is 0 Å². The molecule has 5 heteroatoms. The lowest BCUT2D eigenvalue weighted by Gasteiger charge is -2.31. The number of rotatable bonds is 5. The number of nitrogens with one attached hydrogen (secondary N) is 1. The lowest BCUT2D eigenvalue weighted by atomic mass is 9.96. The van der Waals surface area contributed by atoms with Gasteiger partial charge in [-0.3, -0.25) is 0 Å². The second-order valence-electron chi connectivity index (χ2n) is 7.92. The molecule has 3 aromatic rings. The Morgan fingerprint density at radius 2 is 1.84 bits per heavy atom. The molecule has 0 bridgehead atoms. The van der Waals surface area contributed by atoms with Crippen molar-refractivity contribution in [1.29, 1.82) is 0 Å². The van der Waals surface area contributed by atoms with Gasteiger partial charge in [0, 0.05) is 21.8 Å². The Hall–Kier alpha value is -2.76. The summed E-state index contributed by atoms with van der Waals surface area (Å²) in [5, 5.41) is 16.9. The number of phenolic OH excluding ortho intramolecular Hbond substituents is 1. The van der Waals surface area contributed by atoms with Gasteiger partial charge in [0.05, 0.1) is 12.2 Å². The molecule has 4 nitrogen and oxygen atoms in total. The Bertz CT molecular complexity index is 1130.